The molecule has 0 aromatic heterocycles. The van der Waals surface area contributed by atoms with E-state index in [0.29, 0.717) is 17.4 Å². The van der Waals surface area contributed by atoms with Crippen LogP contribution in [0, 0.1) is 5.92 Å². The smallest absolute Gasteiger partial charge is 0.222 e. The van der Waals surface area contributed by atoms with Gasteiger partial charge in [-0.2, -0.15) is 0 Å². The van der Waals surface area contributed by atoms with Crippen LogP contribution in [0.15, 0.2) is 24.3 Å². The number of amides is 1. The zero-order valence-corrected chi connectivity index (χ0v) is 11.9. The first kappa shape index (κ1) is 15.0. The van der Waals surface area contributed by atoms with Gasteiger partial charge in [-0.3, -0.25) is 4.79 Å². The van der Waals surface area contributed by atoms with Gasteiger partial charge >= 0.3 is 0 Å². The Balaban J connectivity index is 2.54. The lowest BCUT2D eigenvalue weighted by molar-refractivity contribution is -0.122. The molecule has 100 valence electrons. The highest BCUT2D eigenvalue weighted by atomic mass is 35.5. The SMILES string of the molecule is CC(C)C(N)CC(=O)N[C@H](C)c1cccc(Cl)c1. The predicted molar refractivity (Wildman–Crippen MR) is 75.4 cm³/mol. The van der Waals surface area contributed by atoms with E-state index in [-0.39, 0.29) is 18.0 Å². The number of rotatable bonds is 5. The van der Waals surface area contributed by atoms with Gasteiger partial charge in [-0.1, -0.05) is 37.6 Å². The molecule has 0 aliphatic rings. The van der Waals surface area contributed by atoms with E-state index < -0.39 is 0 Å². The summed E-state index contributed by atoms with van der Waals surface area (Å²) >= 11 is 5.92. The average molecular weight is 269 g/mol. The van der Waals surface area contributed by atoms with E-state index in [2.05, 4.69) is 5.32 Å². The number of carbonyl (C=O) groups excluding carboxylic acids is 1. The Morgan fingerprint density at radius 1 is 1.39 bits per heavy atom. The molecule has 0 radical (unpaired) electrons. The summed E-state index contributed by atoms with van der Waals surface area (Å²) in [6.07, 6.45) is 0.350. The van der Waals surface area contributed by atoms with E-state index in [1.165, 1.54) is 0 Å². The fraction of sp³-hybridized carbons (Fsp3) is 0.500. The maximum Gasteiger partial charge on any atom is 0.222 e. The van der Waals surface area contributed by atoms with Crippen LogP contribution in [0.5, 0.6) is 0 Å². The third-order valence-electron chi connectivity index (χ3n) is 3.00. The van der Waals surface area contributed by atoms with E-state index >= 15 is 0 Å². The topological polar surface area (TPSA) is 55.1 Å². The molecule has 1 aromatic carbocycles. The summed E-state index contributed by atoms with van der Waals surface area (Å²) < 4.78 is 0. The van der Waals surface area contributed by atoms with Crippen molar-refractivity contribution in [1.82, 2.24) is 5.32 Å². The minimum atomic E-state index is -0.100. The summed E-state index contributed by atoms with van der Waals surface area (Å²) in [7, 11) is 0. The maximum absolute atomic E-state index is 11.8. The summed E-state index contributed by atoms with van der Waals surface area (Å²) in [5, 5.41) is 3.61. The minimum Gasteiger partial charge on any atom is -0.350 e. The molecule has 0 saturated carbocycles. The molecule has 1 aromatic rings. The molecular formula is C14H21ClN2O. The molecule has 0 spiro atoms. The van der Waals surface area contributed by atoms with Crippen LogP contribution in [0.4, 0.5) is 0 Å². The number of hydrogen-bond donors (Lipinski definition) is 2. The third-order valence-corrected chi connectivity index (χ3v) is 3.24. The molecule has 2 atom stereocenters. The molecule has 1 amide bonds. The first-order valence-corrected chi connectivity index (χ1v) is 6.58. The third kappa shape index (κ3) is 4.67. The summed E-state index contributed by atoms with van der Waals surface area (Å²) in [6, 6.07) is 7.33. The van der Waals surface area contributed by atoms with Gasteiger partial charge in [0.2, 0.25) is 5.91 Å². The van der Waals surface area contributed by atoms with Crippen molar-refractivity contribution >= 4 is 17.5 Å². The normalized spacial score (nSPS) is 14.3. The Labute approximate surface area is 114 Å². The molecule has 0 aliphatic heterocycles. The van der Waals surface area contributed by atoms with Crippen LogP contribution in [-0.4, -0.2) is 11.9 Å². The fourth-order valence-electron chi connectivity index (χ4n) is 1.61. The molecule has 1 rings (SSSR count). The van der Waals surface area contributed by atoms with E-state index in [1.807, 2.05) is 45.0 Å². The van der Waals surface area contributed by atoms with Crippen molar-refractivity contribution in [2.75, 3.05) is 0 Å². The largest absolute Gasteiger partial charge is 0.350 e. The summed E-state index contributed by atoms with van der Waals surface area (Å²) in [4.78, 5) is 11.8. The van der Waals surface area contributed by atoms with Gasteiger partial charge in [0, 0.05) is 17.5 Å². The van der Waals surface area contributed by atoms with E-state index in [0.717, 1.165) is 5.56 Å². The Morgan fingerprint density at radius 3 is 2.61 bits per heavy atom. The standard InChI is InChI=1S/C14H21ClN2O/c1-9(2)13(16)8-14(18)17-10(3)11-5-4-6-12(15)7-11/h4-7,9-10,13H,8,16H2,1-3H3,(H,17,18)/t10-,13?/m1/s1. The van der Waals surface area contributed by atoms with Gasteiger partial charge in [-0.25, -0.2) is 0 Å². The number of nitrogens with two attached hydrogens (primary N) is 1. The Kier molecular flexibility index (Phi) is 5.63. The molecule has 0 bridgehead atoms. The quantitative estimate of drug-likeness (QED) is 0.863. The van der Waals surface area contributed by atoms with Crippen LogP contribution in [-0.2, 0) is 4.79 Å². The van der Waals surface area contributed by atoms with Gasteiger partial charge < -0.3 is 11.1 Å². The number of benzene rings is 1. The molecule has 4 heteroatoms. The van der Waals surface area contributed by atoms with Crippen molar-refractivity contribution in [2.24, 2.45) is 11.7 Å². The molecule has 3 nitrogen and oxygen atoms in total. The molecular weight excluding hydrogens is 248 g/mol. The lowest BCUT2D eigenvalue weighted by Crippen LogP contribution is -2.35. The van der Waals surface area contributed by atoms with Crippen LogP contribution in [0.2, 0.25) is 5.02 Å². The Bertz CT molecular complexity index is 407. The van der Waals surface area contributed by atoms with Crippen molar-refractivity contribution in [3.05, 3.63) is 34.9 Å². The second-order valence-electron chi connectivity index (χ2n) is 4.96. The van der Waals surface area contributed by atoms with E-state index in [4.69, 9.17) is 17.3 Å². The summed E-state index contributed by atoms with van der Waals surface area (Å²) in [6.45, 7) is 5.96. The number of carbonyl (C=O) groups is 1. The van der Waals surface area contributed by atoms with Gasteiger partial charge in [0.25, 0.3) is 0 Å². The van der Waals surface area contributed by atoms with Crippen LogP contribution in [0.25, 0.3) is 0 Å². The highest BCUT2D eigenvalue weighted by Gasteiger charge is 2.15. The van der Waals surface area contributed by atoms with E-state index in [1.54, 1.807) is 0 Å². The van der Waals surface area contributed by atoms with Gasteiger partial charge in [-0.15, -0.1) is 0 Å². The monoisotopic (exact) mass is 268 g/mol. The first-order valence-electron chi connectivity index (χ1n) is 6.20. The average Bonchev–Trinajstić information content (AvgIpc) is 2.28. The molecule has 18 heavy (non-hydrogen) atoms. The number of hydrogen-bond acceptors (Lipinski definition) is 2. The van der Waals surface area contributed by atoms with Gasteiger partial charge in [-0.05, 0) is 30.5 Å². The lowest BCUT2D eigenvalue weighted by Gasteiger charge is -2.18. The lowest BCUT2D eigenvalue weighted by atomic mass is 10.0. The molecule has 0 saturated heterocycles. The predicted octanol–water partition coefficient (Wildman–Crippen LogP) is 2.89. The molecule has 0 fully saturated rings. The van der Waals surface area contributed by atoms with Crippen LogP contribution < -0.4 is 11.1 Å². The van der Waals surface area contributed by atoms with Crippen molar-refractivity contribution in [3.8, 4) is 0 Å². The van der Waals surface area contributed by atoms with Crippen molar-refractivity contribution in [2.45, 2.75) is 39.3 Å². The van der Waals surface area contributed by atoms with Crippen molar-refractivity contribution in [3.63, 3.8) is 0 Å². The van der Waals surface area contributed by atoms with Gasteiger partial charge in [0.15, 0.2) is 0 Å². The maximum atomic E-state index is 11.8. The highest BCUT2D eigenvalue weighted by molar-refractivity contribution is 6.30. The Hall–Kier alpha value is -1.06. The van der Waals surface area contributed by atoms with Gasteiger partial charge in [0.1, 0.15) is 0 Å². The second-order valence-corrected chi connectivity index (χ2v) is 5.39. The summed E-state index contributed by atoms with van der Waals surface area (Å²) in [5.41, 5.74) is 6.87. The number of halogens is 1. The molecule has 0 heterocycles. The highest BCUT2D eigenvalue weighted by Crippen LogP contribution is 2.17. The fourth-order valence-corrected chi connectivity index (χ4v) is 1.81. The zero-order chi connectivity index (χ0) is 13.7. The Morgan fingerprint density at radius 2 is 2.06 bits per heavy atom. The minimum absolute atomic E-state index is 0.0244. The molecule has 1 unspecified atom stereocenters. The molecule has 0 aliphatic carbocycles. The van der Waals surface area contributed by atoms with Crippen LogP contribution in [0.1, 0.15) is 38.8 Å². The van der Waals surface area contributed by atoms with Crippen molar-refractivity contribution in [1.29, 1.82) is 0 Å². The summed E-state index contributed by atoms with van der Waals surface area (Å²) in [5.74, 6) is 0.279. The zero-order valence-electron chi connectivity index (χ0n) is 11.1. The van der Waals surface area contributed by atoms with Crippen molar-refractivity contribution < 1.29 is 4.79 Å². The van der Waals surface area contributed by atoms with Crippen LogP contribution in [0.3, 0.4) is 0 Å². The molecule has 3 N–H and O–H groups in total. The van der Waals surface area contributed by atoms with Gasteiger partial charge in [0.05, 0.1) is 6.04 Å². The van der Waals surface area contributed by atoms with E-state index in [9.17, 15) is 4.79 Å². The van der Waals surface area contributed by atoms with Crippen LogP contribution >= 0.6 is 11.6 Å². The number of nitrogens with one attached hydrogen (secondary N) is 1. The first-order chi connectivity index (χ1) is 8.40. The second kappa shape index (κ2) is 6.76.